The van der Waals surface area contributed by atoms with Crippen LogP contribution in [0.15, 0.2) is 23.3 Å². The second-order valence-corrected chi connectivity index (χ2v) is 3.64. The lowest BCUT2D eigenvalue weighted by Crippen LogP contribution is -1.78. The fraction of sp³-hybridized carbons (Fsp3) is 0.222. The first-order valence-electron chi connectivity index (χ1n) is 3.78. The summed E-state index contributed by atoms with van der Waals surface area (Å²) in [6.45, 7) is 2.11. The maximum Gasteiger partial charge on any atom is 0.0951 e. The molecule has 2 nitrogen and oxygen atoms in total. The summed E-state index contributed by atoms with van der Waals surface area (Å²) in [5.74, 6) is 0. The standard InChI is InChI=1S/C9H10N2S/c1-7-4-12-5-8(7)9-3-11(2)6-10-9/h3-6H,1-2H3. The molecule has 0 saturated carbocycles. The molecule has 2 aromatic rings. The summed E-state index contributed by atoms with van der Waals surface area (Å²) >= 11 is 1.72. The van der Waals surface area contributed by atoms with Crippen LogP contribution >= 0.6 is 11.3 Å². The predicted molar refractivity (Wildman–Crippen MR) is 51.3 cm³/mol. The first-order valence-corrected chi connectivity index (χ1v) is 4.73. The van der Waals surface area contributed by atoms with Crippen molar-refractivity contribution in [2.24, 2.45) is 7.05 Å². The molecule has 0 aliphatic carbocycles. The maximum absolute atomic E-state index is 4.29. The molecule has 0 radical (unpaired) electrons. The molecule has 12 heavy (non-hydrogen) atoms. The van der Waals surface area contributed by atoms with E-state index in [0.717, 1.165) is 5.69 Å². The lowest BCUT2D eigenvalue weighted by molar-refractivity contribution is 0.913. The van der Waals surface area contributed by atoms with E-state index >= 15 is 0 Å². The Hall–Kier alpha value is -1.09. The number of hydrogen-bond acceptors (Lipinski definition) is 2. The van der Waals surface area contributed by atoms with Crippen LogP contribution in [-0.4, -0.2) is 9.55 Å². The van der Waals surface area contributed by atoms with Gasteiger partial charge in [-0.25, -0.2) is 4.98 Å². The third-order valence-corrected chi connectivity index (χ3v) is 2.70. The number of hydrogen-bond donors (Lipinski definition) is 0. The van der Waals surface area contributed by atoms with Crippen molar-refractivity contribution < 1.29 is 0 Å². The van der Waals surface area contributed by atoms with Gasteiger partial charge < -0.3 is 4.57 Å². The van der Waals surface area contributed by atoms with Gasteiger partial charge in [0.05, 0.1) is 12.0 Å². The van der Waals surface area contributed by atoms with Gasteiger partial charge in [0.25, 0.3) is 0 Å². The molecule has 2 aromatic heterocycles. The van der Waals surface area contributed by atoms with Gasteiger partial charge >= 0.3 is 0 Å². The molecule has 2 heterocycles. The first kappa shape index (κ1) is 7.55. The lowest BCUT2D eigenvalue weighted by Gasteiger charge is -1.91. The number of imidazole rings is 1. The topological polar surface area (TPSA) is 17.8 Å². The second kappa shape index (κ2) is 2.75. The van der Waals surface area contributed by atoms with Crippen LogP contribution < -0.4 is 0 Å². The van der Waals surface area contributed by atoms with E-state index in [9.17, 15) is 0 Å². The van der Waals surface area contributed by atoms with Crippen molar-refractivity contribution >= 4 is 11.3 Å². The van der Waals surface area contributed by atoms with E-state index in [4.69, 9.17) is 0 Å². The van der Waals surface area contributed by atoms with Gasteiger partial charge in [-0.3, -0.25) is 0 Å². The summed E-state index contributed by atoms with van der Waals surface area (Å²) < 4.78 is 1.96. The quantitative estimate of drug-likeness (QED) is 0.656. The van der Waals surface area contributed by atoms with E-state index in [2.05, 4.69) is 22.7 Å². The molecule has 0 aliphatic rings. The Bertz CT molecular complexity index is 387. The number of nitrogens with zero attached hydrogens (tertiary/aromatic N) is 2. The number of thiophene rings is 1. The van der Waals surface area contributed by atoms with Crippen LogP contribution in [0.5, 0.6) is 0 Å². The molecule has 0 atom stereocenters. The van der Waals surface area contributed by atoms with Crippen LogP contribution in [0.3, 0.4) is 0 Å². The van der Waals surface area contributed by atoms with E-state index in [0.29, 0.717) is 0 Å². The Labute approximate surface area is 75.5 Å². The highest BCUT2D eigenvalue weighted by Crippen LogP contribution is 2.24. The summed E-state index contributed by atoms with van der Waals surface area (Å²) in [5.41, 5.74) is 3.62. The van der Waals surface area contributed by atoms with Crippen molar-refractivity contribution in [3.05, 3.63) is 28.8 Å². The normalized spacial score (nSPS) is 10.5. The monoisotopic (exact) mass is 178 g/mol. The molecule has 0 bridgehead atoms. The fourth-order valence-corrected chi connectivity index (χ4v) is 2.02. The predicted octanol–water partition coefficient (Wildman–Crippen LogP) is 2.46. The molecule has 0 aliphatic heterocycles. The van der Waals surface area contributed by atoms with E-state index in [1.165, 1.54) is 11.1 Å². The summed E-state index contributed by atoms with van der Waals surface area (Å²) in [4.78, 5) is 4.29. The number of aromatic nitrogens is 2. The third kappa shape index (κ3) is 1.16. The van der Waals surface area contributed by atoms with E-state index < -0.39 is 0 Å². The van der Waals surface area contributed by atoms with Crippen LogP contribution in [0.25, 0.3) is 11.3 Å². The van der Waals surface area contributed by atoms with Crippen molar-refractivity contribution in [2.45, 2.75) is 6.92 Å². The summed E-state index contributed by atoms with van der Waals surface area (Å²) in [6.07, 6.45) is 3.86. The number of aryl methyl sites for hydroxylation is 2. The van der Waals surface area contributed by atoms with E-state index in [1.54, 1.807) is 11.3 Å². The molecule has 3 heteroatoms. The lowest BCUT2D eigenvalue weighted by atomic mass is 10.2. The Morgan fingerprint density at radius 1 is 1.42 bits per heavy atom. The van der Waals surface area contributed by atoms with Crippen molar-refractivity contribution in [2.75, 3.05) is 0 Å². The highest BCUT2D eigenvalue weighted by molar-refractivity contribution is 7.08. The highest BCUT2D eigenvalue weighted by atomic mass is 32.1. The average molecular weight is 178 g/mol. The minimum Gasteiger partial charge on any atom is -0.340 e. The minimum atomic E-state index is 1.07. The van der Waals surface area contributed by atoms with Gasteiger partial charge in [0.1, 0.15) is 0 Å². The van der Waals surface area contributed by atoms with Gasteiger partial charge in [0.2, 0.25) is 0 Å². The van der Waals surface area contributed by atoms with Crippen molar-refractivity contribution in [3.63, 3.8) is 0 Å². The third-order valence-electron chi connectivity index (χ3n) is 1.84. The van der Waals surface area contributed by atoms with Gasteiger partial charge in [-0.1, -0.05) is 0 Å². The molecule has 0 aromatic carbocycles. The molecule has 0 unspecified atom stereocenters. The molecule has 0 N–H and O–H groups in total. The van der Waals surface area contributed by atoms with E-state index in [1.807, 2.05) is 24.1 Å². The van der Waals surface area contributed by atoms with Gasteiger partial charge in [-0.2, -0.15) is 11.3 Å². The maximum atomic E-state index is 4.29. The summed E-state index contributed by atoms with van der Waals surface area (Å²) in [6, 6.07) is 0. The second-order valence-electron chi connectivity index (χ2n) is 2.89. The fourth-order valence-electron chi connectivity index (χ4n) is 1.17. The van der Waals surface area contributed by atoms with Crippen molar-refractivity contribution in [3.8, 4) is 11.3 Å². The Kier molecular flexibility index (Phi) is 1.73. The summed E-state index contributed by atoms with van der Waals surface area (Å²) in [5, 5.41) is 4.28. The smallest absolute Gasteiger partial charge is 0.0951 e. The molecule has 0 fully saturated rings. The molecular weight excluding hydrogens is 168 g/mol. The summed E-state index contributed by atoms with van der Waals surface area (Å²) in [7, 11) is 1.98. The van der Waals surface area contributed by atoms with E-state index in [-0.39, 0.29) is 0 Å². The largest absolute Gasteiger partial charge is 0.340 e. The average Bonchev–Trinajstić information content (AvgIpc) is 2.58. The van der Waals surface area contributed by atoms with Crippen LogP contribution in [0.4, 0.5) is 0 Å². The molecule has 62 valence electrons. The zero-order valence-corrected chi connectivity index (χ0v) is 7.93. The Balaban J connectivity index is 2.50. The highest BCUT2D eigenvalue weighted by Gasteiger charge is 2.04. The SMILES string of the molecule is Cc1cscc1-c1cn(C)cn1. The van der Waals surface area contributed by atoms with Crippen LogP contribution in [0.1, 0.15) is 5.56 Å². The Morgan fingerprint density at radius 3 is 2.75 bits per heavy atom. The van der Waals surface area contributed by atoms with Crippen LogP contribution in [-0.2, 0) is 7.05 Å². The van der Waals surface area contributed by atoms with Gasteiger partial charge in [0.15, 0.2) is 0 Å². The van der Waals surface area contributed by atoms with Crippen molar-refractivity contribution in [1.29, 1.82) is 0 Å². The molecule has 2 rings (SSSR count). The van der Waals surface area contributed by atoms with Crippen molar-refractivity contribution in [1.82, 2.24) is 9.55 Å². The molecule has 0 amide bonds. The van der Waals surface area contributed by atoms with Gasteiger partial charge in [-0.15, -0.1) is 0 Å². The zero-order valence-electron chi connectivity index (χ0n) is 7.11. The number of rotatable bonds is 1. The van der Waals surface area contributed by atoms with Gasteiger partial charge in [-0.05, 0) is 17.9 Å². The zero-order chi connectivity index (χ0) is 8.55. The van der Waals surface area contributed by atoms with Crippen LogP contribution in [0, 0.1) is 6.92 Å². The molecule has 0 saturated heterocycles. The first-order chi connectivity index (χ1) is 5.77. The molecule has 0 spiro atoms. The minimum absolute atomic E-state index is 1.07. The Morgan fingerprint density at radius 2 is 2.25 bits per heavy atom. The van der Waals surface area contributed by atoms with Crippen LogP contribution in [0.2, 0.25) is 0 Å². The molecular formula is C9H10N2S. The van der Waals surface area contributed by atoms with Gasteiger partial charge in [0, 0.05) is 24.2 Å².